The third-order valence-electron chi connectivity index (χ3n) is 4.13. The zero-order valence-corrected chi connectivity index (χ0v) is 16.0. The highest BCUT2D eigenvalue weighted by Crippen LogP contribution is 2.25. The van der Waals surface area contributed by atoms with Crippen LogP contribution in [0.1, 0.15) is 25.3 Å². The predicted molar refractivity (Wildman–Crippen MR) is 109 cm³/mol. The number of nitrogens with one attached hydrogen (secondary N) is 1. The van der Waals surface area contributed by atoms with Crippen LogP contribution in [0.25, 0.3) is 10.8 Å². The number of methoxy groups -OCH3 is 1. The van der Waals surface area contributed by atoms with E-state index in [0.717, 1.165) is 22.1 Å². The lowest BCUT2D eigenvalue weighted by molar-refractivity contribution is -0.138. The van der Waals surface area contributed by atoms with Gasteiger partial charge in [-0.05, 0) is 59.7 Å². The van der Waals surface area contributed by atoms with Gasteiger partial charge in [-0.1, -0.05) is 24.3 Å². The van der Waals surface area contributed by atoms with Crippen LogP contribution < -0.4 is 10.1 Å². The van der Waals surface area contributed by atoms with Crippen LogP contribution in [-0.2, 0) is 9.59 Å². The molecule has 0 aliphatic rings. The monoisotopic (exact) mass is 381 g/mol. The molecule has 146 valence electrons. The number of aliphatic carboxylic acids is 1. The Kier molecular flexibility index (Phi) is 6.98. The second-order valence-corrected chi connectivity index (χ2v) is 6.26. The maximum atomic E-state index is 10.9. The minimum Gasteiger partial charge on any atom is -0.508 e. The van der Waals surface area contributed by atoms with Gasteiger partial charge in [0.25, 0.3) is 0 Å². The van der Waals surface area contributed by atoms with Crippen LogP contribution in [0.5, 0.6) is 11.5 Å². The number of anilines is 1. The van der Waals surface area contributed by atoms with E-state index >= 15 is 0 Å². The molecule has 0 unspecified atom stereocenters. The number of phenolic OH excluding ortho intramolecular Hbond substituents is 1. The summed E-state index contributed by atoms with van der Waals surface area (Å²) in [6.45, 7) is 3.12. The molecule has 3 aromatic carbocycles. The number of carboxylic acid groups (broad SMARTS) is 1. The summed E-state index contributed by atoms with van der Waals surface area (Å²) in [4.78, 5) is 21.4. The molecule has 0 fully saturated rings. The van der Waals surface area contributed by atoms with Gasteiger partial charge >= 0.3 is 5.97 Å². The van der Waals surface area contributed by atoms with Crippen LogP contribution >= 0.6 is 0 Å². The highest BCUT2D eigenvalue weighted by molar-refractivity contribution is 5.88. The molecular formula is C22H23NO5. The Balaban J connectivity index is 0.000000221. The number of amides is 1. The average molecular weight is 381 g/mol. The van der Waals surface area contributed by atoms with Crippen LogP contribution in [0.3, 0.4) is 0 Å². The topological polar surface area (TPSA) is 95.9 Å². The first-order chi connectivity index (χ1) is 13.3. The van der Waals surface area contributed by atoms with Gasteiger partial charge in [-0.25, -0.2) is 0 Å². The van der Waals surface area contributed by atoms with Gasteiger partial charge in [0.05, 0.1) is 13.0 Å². The number of carbonyl (C=O) groups is 2. The second-order valence-electron chi connectivity index (χ2n) is 6.26. The molecule has 0 radical (unpaired) electrons. The number of fused-ring (bicyclic) bond motifs is 1. The summed E-state index contributed by atoms with van der Waals surface area (Å²) in [7, 11) is 1.63. The quantitative estimate of drug-likeness (QED) is 0.583. The average Bonchev–Trinajstić information content (AvgIpc) is 2.68. The molecule has 6 nitrogen and oxygen atoms in total. The Labute approximate surface area is 163 Å². The molecule has 28 heavy (non-hydrogen) atoms. The van der Waals surface area contributed by atoms with E-state index in [-0.39, 0.29) is 11.7 Å². The Morgan fingerprint density at radius 3 is 2.14 bits per heavy atom. The fraction of sp³-hybridized carbons (Fsp3) is 0.182. The predicted octanol–water partition coefficient (Wildman–Crippen LogP) is 4.39. The number of carbonyl (C=O) groups excluding carboxylic acids is 1. The van der Waals surface area contributed by atoms with Crippen molar-refractivity contribution in [1.82, 2.24) is 0 Å². The molecule has 0 saturated carbocycles. The van der Waals surface area contributed by atoms with Crippen molar-refractivity contribution < 1.29 is 24.5 Å². The first kappa shape index (κ1) is 20.8. The lowest BCUT2D eigenvalue weighted by atomic mass is 9.98. The largest absolute Gasteiger partial charge is 0.508 e. The van der Waals surface area contributed by atoms with Crippen LogP contribution in [0.4, 0.5) is 5.69 Å². The Hall–Kier alpha value is -3.54. The van der Waals surface area contributed by atoms with Crippen molar-refractivity contribution in [3.8, 4) is 11.5 Å². The number of rotatable bonds is 4. The summed E-state index contributed by atoms with van der Waals surface area (Å²) in [5, 5.41) is 22.5. The number of phenols is 1. The van der Waals surface area contributed by atoms with Gasteiger partial charge in [0.15, 0.2) is 0 Å². The van der Waals surface area contributed by atoms with Crippen molar-refractivity contribution in [2.75, 3.05) is 12.4 Å². The fourth-order valence-corrected chi connectivity index (χ4v) is 2.53. The van der Waals surface area contributed by atoms with Crippen LogP contribution in [0, 0.1) is 0 Å². The highest BCUT2D eigenvalue weighted by Gasteiger charge is 2.13. The van der Waals surface area contributed by atoms with Gasteiger partial charge in [0, 0.05) is 12.6 Å². The molecule has 0 aromatic heterocycles. The lowest BCUT2D eigenvalue weighted by Gasteiger charge is -2.08. The van der Waals surface area contributed by atoms with E-state index in [1.807, 2.05) is 36.4 Å². The van der Waals surface area contributed by atoms with Crippen molar-refractivity contribution in [3.05, 3.63) is 66.2 Å². The molecule has 0 aliphatic heterocycles. The summed E-state index contributed by atoms with van der Waals surface area (Å²) in [5.74, 6) is -0.411. The zero-order chi connectivity index (χ0) is 20.7. The smallest absolute Gasteiger partial charge is 0.310 e. The van der Waals surface area contributed by atoms with Gasteiger partial charge < -0.3 is 20.3 Å². The molecule has 0 heterocycles. The van der Waals surface area contributed by atoms with E-state index in [0.29, 0.717) is 5.69 Å². The number of aromatic hydroxyl groups is 1. The molecule has 3 aromatic rings. The fourth-order valence-electron chi connectivity index (χ4n) is 2.53. The van der Waals surface area contributed by atoms with Crippen LogP contribution in [0.2, 0.25) is 0 Å². The summed E-state index contributed by atoms with van der Waals surface area (Å²) in [6, 6.07) is 17.7. The van der Waals surface area contributed by atoms with Gasteiger partial charge in [-0.3, -0.25) is 9.59 Å². The maximum absolute atomic E-state index is 10.9. The third kappa shape index (κ3) is 5.74. The Morgan fingerprint density at radius 1 is 0.964 bits per heavy atom. The van der Waals surface area contributed by atoms with Gasteiger partial charge in [0.1, 0.15) is 11.5 Å². The normalized spacial score (nSPS) is 11.1. The van der Waals surface area contributed by atoms with Gasteiger partial charge in [0.2, 0.25) is 5.91 Å². The zero-order valence-electron chi connectivity index (χ0n) is 16.0. The summed E-state index contributed by atoms with van der Waals surface area (Å²) in [5.41, 5.74) is 1.51. The third-order valence-corrected chi connectivity index (χ3v) is 4.13. The molecule has 1 amide bonds. The molecule has 0 spiro atoms. The van der Waals surface area contributed by atoms with Crippen molar-refractivity contribution in [2.24, 2.45) is 0 Å². The molecule has 3 N–H and O–H groups in total. The van der Waals surface area contributed by atoms with E-state index in [4.69, 9.17) is 14.9 Å². The van der Waals surface area contributed by atoms with E-state index in [1.165, 1.54) is 19.1 Å². The number of ether oxygens (including phenoxy) is 1. The minimum atomic E-state index is -0.808. The molecular weight excluding hydrogens is 358 g/mol. The number of carboxylic acids is 1. The van der Waals surface area contributed by atoms with Crippen LogP contribution in [0.15, 0.2) is 60.7 Å². The van der Waals surface area contributed by atoms with Crippen LogP contribution in [-0.4, -0.2) is 29.2 Å². The minimum absolute atomic E-state index is 0.115. The molecule has 6 heteroatoms. The summed E-state index contributed by atoms with van der Waals surface area (Å²) in [6.07, 6.45) is 0. The summed E-state index contributed by atoms with van der Waals surface area (Å²) < 4.78 is 5.14. The first-order valence-electron chi connectivity index (χ1n) is 8.67. The molecule has 0 saturated heterocycles. The number of hydrogen-bond acceptors (Lipinski definition) is 4. The molecule has 3 rings (SSSR count). The summed E-state index contributed by atoms with van der Waals surface area (Å²) >= 11 is 0. The van der Waals surface area contributed by atoms with E-state index < -0.39 is 11.9 Å². The van der Waals surface area contributed by atoms with Gasteiger partial charge in [-0.2, -0.15) is 0 Å². The lowest BCUT2D eigenvalue weighted by Crippen LogP contribution is -2.06. The molecule has 0 aliphatic carbocycles. The van der Waals surface area contributed by atoms with Crippen molar-refractivity contribution in [1.29, 1.82) is 0 Å². The SMILES string of the molecule is CC(=O)Nc1ccc(O)cc1.COc1ccc2cc([C@H](C)C(=O)O)ccc2c1. The van der Waals surface area contributed by atoms with Crippen molar-refractivity contribution in [2.45, 2.75) is 19.8 Å². The van der Waals surface area contributed by atoms with E-state index in [2.05, 4.69) is 5.32 Å². The highest BCUT2D eigenvalue weighted by atomic mass is 16.5. The van der Waals surface area contributed by atoms with Crippen molar-refractivity contribution in [3.63, 3.8) is 0 Å². The Bertz CT molecular complexity index is 966. The van der Waals surface area contributed by atoms with E-state index in [9.17, 15) is 9.59 Å². The number of benzene rings is 3. The maximum Gasteiger partial charge on any atom is 0.310 e. The second kappa shape index (κ2) is 9.41. The standard InChI is InChI=1S/C14H14O3.C8H9NO2/c1-9(14(15)16)10-3-4-12-8-13(17-2)6-5-11(12)7-10;1-6(10)9-7-2-4-8(11)5-3-7/h3-9H,1-2H3,(H,15,16);2-5,11H,1H3,(H,9,10)/t9-;/m0./s1. The van der Waals surface area contributed by atoms with E-state index in [1.54, 1.807) is 26.2 Å². The van der Waals surface area contributed by atoms with Crippen molar-refractivity contribution >= 4 is 28.3 Å². The Morgan fingerprint density at radius 2 is 1.57 bits per heavy atom. The van der Waals surface area contributed by atoms with Gasteiger partial charge in [-0.15, -0.1) is 0 Å². The molecule has 0 bridgehead atoms. The molecule has 1 atom stereocenters. The number of hydrogen-bond donors (Lipinski definition) is 3. The first-order valence-corrected chi connectivity index (χ1v) is 8.67.